The molecule has 4 heteroatoms. The number of benzene rings is 1. The van der Waals surface area contributed by atoms with Crippen LogP contribution in [0, 0.1) is 11.7 Å². The quantitative estimate of drug-likeness (QED) is 0.869. The van der Waals surface area contributed by atoms with Crippen LogP contribution in [0.15, 0.2) is 24.3 Å². The van der Waals surface area contributed by atoms with Crippen LogP contribution in [0.3, 0.4) is 0 Å². The van der Waals surface area contributed by atoms with E-state index in [4.69, 9.17) is 5.73 Å². The van der Waals surface area contributed by atoms with Crippen molar-refractivity contribution in [2.45, 2.75) is 51.7 Å². The van der Waals surface area contributed by atoms with Gasteiger partial charge in [-0.1, -0.05) is 32.0 Å². The molecule has 3 nitrogen and oxygen atoms in total. The fourth-order valence-corrected chi connectivity index (χ4v) is 2.40. The van der Waals surface area contributed by atoms with Gasteiger partial charge in [-0.2, -0.15) is 0 Å². The van der Waals surface area contributed by atoms with Gasteiger partial charge in [0.1, 0.15) is 5.82 Å². The van der Waals surface area contributed by atoms with E-state index in [0.717, 1.165) is 12.8 Å². The van der Waals surface area contributed by atoms with Gasteiger partial charge in [-0.3, -0.25) is 4.79 Å². The van der Waals surface area contributed by atoms with Crippen molar-refractivity contribution in [1.29, 1.82) is 0 Å². The maximum atomic E-state index is 13.7. The van der Waals surface area contributed by atoms with Gasteiger partial charge in [0.05, 0.1) is 6.04 Å². The first-order valence-electron chi connectivity index (χ1n) is 7.28. The van der Waals surface area contributed by atoms with E-state index >= 15 is 0 Å². The van der Waals surface area contributed by atoms with E-state index in [9.17, 15) is 9.18 Å². The monoisotopic (exact) mass is 278 g/mol. The summed E-state index contributed by atoms with van der Waals surface area (Å²) in [6.07, 6.45) is 2.66. The molecule has 110 valence electrons. The molecule has 1 fully saturated rings. The Kier molecular flexibility index (Phi) is 4.76. The Bertz CT molecular complexity index is 471. The molecule has 1 aliphatic rings. The van der Waals surface area contributed by atoms with Crippen LogP contribution < -0.4 is 5.73 Å². The van der Waals surface area contributed by atoms with Gasteiger partial charge in [0, 0.05) is 18.2 Å². The Labute approximate surface area is 120 Å². The van der Waals surface area contributed by atoms with Crippen LogP contribution in [-0.4, -0.2) is 22.9 Å². The maximum absolute atomic E-state index is 13.7. The molecule has 0 bridgehead atoms. The molecular formula is C16H23FN2O. The van der Waals surface area contributed by atoms with Gasteiger partial charge in [0.25, 0.3) is 0 Å². The van der Waals surface area contributed by atoms with Crippen molar-refractivity contribution in [3.8, 4) is 0 Å². The van der Waals surface area contributed by atoms with Crippen molar-refractivity contribution in [2.75, 3.05) is 0 Å². The second-order valence-corrected chi connectivity index (χ2v) is 6.02. The Hall–Kier alpha value is -1.42. The van der Waals surface area contributed by atoms with E-state index in [-0.39, 0.29) is 17.8 Å². The standard InChI is InChI=1S/C16H23FN2O/c1-11(2)9-15(18)16(20)19(13-7-8-13)10-12-5-3-4-6-14(12)17/h3-6,11,13,15H,7-10,18H2,1-2H3/t15-/m0/s1. The lowest BCUT2D eigenvalue weighted by Crippen LogP contribution is -2.45. The molecule has 1 amide bonds. The second kappa shape index (κ2) is 6.35. The van der Waals surface area contributed by atoms with Crippen molar-refractivity contribution in [2.24, 2.45) is 11.7 Å². The highest BCUT2D eigenvalue weighted by Gasteiger charge is 2.35. The van der Waals surface area contributed by atoms with Crippen LogP contribution in [0.1, 0.15) is 38.7 Å². The summed E-state index contributed by atoms with van der Waals surface area (Å²) in [5.74, 6) is 0.0660. The molecule has 1 aromatic carbocycles. The molecule has 1 saturated carbocycles. The second-order valence-electron chi connectivity index (χ2n) is 6.02. The van der Waals surface area contributed by atoms with E-state index in [1.165, 1.54) is 6.07 Å². The summed E-state index contributed by atoms with van der Waals surface area (Å²) in [6, 6.07) is 6.36. The lowest BCUT2D eigenvalue weighted by Gasteiger charge is -2.26. The van der Waals surface area contributed by atoms with Crippen molar-refractivity contribution >= 4 is 5.91 Å². The summed E-state index contributed by atoms with van der Waals surface area (Å²) >= 11 is 0. The molecule has 0 aromatic heterocycles. The van der Waals surface area contributed by atoms with Crippen molar-refractivity contribution in [3.05, 3.63) is 35.6 Å². The Balaban J connectivity index is 2.08. The largest absolute Gasteiger partial charge is 0.334 e. The number of amides is 1. The highest BCUT2D eigenvalue weighted by molar-refractivity contribution is 5.82. The fraction of sp³-hybridized carbons (Fsp3) is 0.562. The normalized spacial score (nSPS) is 16.2. The molecule has 1 aromatic rings. The molecule has 2 N–H and O–H groups in total. The molecule has 0 unspecified atom stereocenters. The summed E-state index contributed by atoms with van der Waals surface area (Å²) < 4.78 is 13.7. The molecule has 1 aliphatic carbocycles. The van der Waals surface area contributed by atoms with Gasteiger partial charge in [-0.25, -0.2) is 4.39 Å². The van der Waals surface area contributed by atoms with Crippen molar-refractivity contribution in [3.63, 3.8) is 0 Å². The molecular weight excluding hydrogens is 255 g/mol. The van der Waals surface area contributed by atoms with E-state index < -0.39 is 6.04 Å². The molecule has 0 spiro atoms. The summed E-state index contributed by atoms with van der Waals surface area (Å²) in [7, 11) is 0. The average Bonchev–Trinajstić information content (AvgIpc) is 3.20. The first kappa shape index (κ1) is 15.0. The zero-order valence-corrected chi connectivity index (χ0v) is 12.2. The summed E-state index contributed by atoms with van der Waals surface area (Å²) in [5.41, 5.74) is 6.55. The summed E-state index contributed by atoms with van der Waals surface area (Å²) in [6.45, 7) is 4.42. The maximum Gasteiger partial charge on any atom is 0.240 e. The molecule has 0 radical (unpaired) electrons. The number of hydrogen-bond acceptors (Lipinski definition) is 2. The molecule has 0 saturated heterocycles. The summed E-state index contributed by atoms with van der Waals surface area (Å²) in [4.78, 5) is 14.2. The highest BCUT2D eigenvalue weighted by atomic mass is 19.1. The molecule has 1 atom stereocenters. The van der Waals surface area contributed by atoms with Crippen molar-refractivity contribution < 1.29 is 9.18 Å². The number of nitrogens with zero attached hydrogens (tertiary/aromatic N) is 1. The highest BCUT2D eigenvalue weighted by Crippen LogP contribution is 2.29. The van der Waals surface area contributed by atoms with Gasteiger partial charge in [-0.05, 0) is 31.2 Å². The van der Waals surface area contributed by atoms with E-state index in [1.54, 1.807) is 23.1 Å². The van der Waals surface area contributed by atoms with E-state index in [0.29, 0.717) is 24.4 Å². The lowest BCUT2D eigenvalue weighted by atomic mass is 10.0. The van der Waals surface area contributed by atoms with Gasteiger partial charge < -0.3 is 10.6 Å². The summed E-state index contributed by atoms with van der Waals surface area (Å²) in [5, 5.41) is 0. The minimum Gasteiger partial charge on any atom is -0.334 e. The molecule has 2 rings (SSSR count). The fourth-order valence-electron chi connectivity index (χ4n) is 2.40. The number of rotatable bonds is 6. The van der Waals surface area contributed by atoms with E-state index in [2.05, 4.69) is 0 Å². The smallest absolute Gasteiger partial charge is 0.240 e. The Morgan fingerprint density at radius 1 is 1.40 bits per heavy atom. The molecule has 0 heterocycles. The van der Waals surface area contributed by atoms with Gasteiger partial charge in [0.15, 0.2) is 0 Å². The predicted octanol–water partition coefficient (Wildman–Crippen LogP) is 2.69. The Morgan fingerprint density at radius 3 is 2.60 bits per heavy atom. The number of nitrogens with two attached hydrogens (primary N) is 1. The zero-order valence-electron chi connectivity index (χ0n) is 12.2. The van der Waals surface area contributed by atoms with Crippen LogP contribution in [0.4, 0.5) is 4.39 Å². The Morgan fingerprint density at radius 2 is 2.05 bits per heavy atom. The molecule has 20 heavy (non-hydrogen) atoms. The average molecular weight is 278 g/mol. The van der Waals surface area contributed by atoms with Gasteiger partial charge in [-0.15, -0.1) is 0 Å². The van der Waals surface area contributed by atoms with Gasteiger partial charge >= 0.3 is 0 Å². The number of carbonyl (C=O) groups excluding carboxylic acids is 1. The first-order valence-corrected chi connectivity index (χ1v) is 7.28. The minimum atomic E-state index is -0.484. The van der Waals surface area contributed by atoms with Crippen LogP contribution in [0.2, 0.25) is 0 Å². The van der Waals surface area contributed by atoms with E-state index in [1.807, 2.05) is 13.8 Å². The van der Waals surface area contributed by atoms with Crippen LogP contribution in [0.25, 0.3) is 0 Å². The number of carbonyl (C=O) groups is 1. The topological polar surface area (TPSA) is 46.3 Å². The SMILES string of the molecule is CC(C)C[C@H](N)C(=O)N(Cc1ccccc1F)C1CC1. The third-order valence-corrected chi connectivity index (χ3v) is 3.61. The first-order chi connectivity index (χ1) is 9.49. The van der Waals surface area contributed by atoms with Gasteiger partial charge in [0.2, 0.25) is 5.91 Å². The predicted molar refractivity (Wildman–Crippen MR) is 77.4 cm³/mol. The van der Waals surface area contributed by atoms with Crippen LogP contribution >= 0.6 is 0 Å². The number of hydrogen-bond donors (Lipinski definition) is 1. The molecule has 0 aliphatic heterocycles. The van der Waals surface area contributed by atoms with Crippen LogP contribution in [-0.2, 0) is 11.3 Å². The van der Waals surface area contributed by atoms with Crippen molar-refractivity contribution in [1.82, 2.24) is 4.90 Å². The third kappa shape index (κ3) is 3.79. The number of halogens is 1. The van der Waals surface area contributed by atoms with Crippen LogP contribution in [0.5, 0.6) is 0 Å². The minimum absolute atomic E-state index is 0.0514. The zero-order chi connectivity index (χ0) is 14.7. The third-order valence-electron chi connectivity index (χ3n) is 3.61. The lowest BCUT2D eigenvalue weighted by molar-refractivity contribution is -0.134.